The first-order valence-corrected chi connectivity index (χ1v) is 7.05. The minimum absolute atomic E-state index is 0.559. The van der Waals surface area contributed by atoms with Gasteiger partial charge in [-0.15, -0.1) is 11.3 Å². The fourth-order valence-corrected chi connectivity index (χ4v) is 2.81. The van der Waals surface area contributed by atoms with Crippen molar-refractivity contribution in [3.05, 3.63) is 65.5 Å². The molecule has 0 radical (unpaired) electrons. The first-order valence-electron chi connectivity index (χ1n) is 6.17. The Labute approximate surface area is 116 Å². The Hall–Kier alpha value is -1.97. The lowest BCUT2D eigenvalue weighted by molar-refractivity contribution is 1.07. The summed E-state index contributed by atoms with van der Waals surface area (Å²) in [5.41, 5.74) is 10.1. The molecule has 94 valence electrons. The average molecular weight is 266 g/mol. The zero-order valence-corrected chi connectivity index (χ0v) is 11.2. The van der Waals surface area contributed by atoms with E-state index in [9.17, 15) is 0 Å². The molecule has 19 heavy (non-hydrogen) atoms. The van der Waals surface area contributed by atoms with E-state index in [0.717, 1.165) is 27.4 Å². The molecule has 2 N–H and O–H groups in total. The van der Waals surface area contributed by atoms with Crippen LogP contribution in [0, 0.1) is 0 Å². The van der Waals surface area contributed by atoms with Crippen molar-refractivity contribution in [2.45, 2.75) is 6.54 Å². The normalized spacial score (nSPS) is 10.6. The first kappa shape index (κ1) is 12.1. The molecule has 3 aromatic rings. The van der Waals surface area contributed by atoms with E-state index in [4.69, 9.17) is 10.7 Å². The quantitative estimate of drug-likeness (QED) is 0.780. The van der Waals surface area contributed by atoms with Crippen LogP contribution >= 0.6 is 11.3 Å². The largest absolute Gasteiger partial charge is 0.326 e. The van der Waals surface area contributed by atoms with E-state index < -0.39 is 0 Å². The summed E-state index contributed by atoms with van der Waals surface area (Å²) in [6.07, 6.45) is 0. The Kier molecular flexibility index (Phi) is 3.40. The number of benzene rings is 2. The number of thiazole rings is 1. The molecular formula is C16H14N2S. The second kappa shape index (κ2) is 5.34. The second-order valence-electron chi connectivity index (χ2n) is 4.31. The molecule has 1 heterocycles. The number of aromatic nitrogens is 1. The maximum atomic E-state index is 5.68. The summed E-state index contributed by atoms with van der Waals surface area (Å²) in [5, 5.41) is 3.14. The molecule has 0 saturated heterocycles. The van der Waals surface area contributed by atoms with Crippen molar-refractivity contribution in [3.8, 4) is 21.8 Å². The lowest BCUT2D eigenvalue weighted by Crippen LogP contribution is -1.95. The maximum absolute atomic E-state index is 5.68. The summed E-state index contributed by atoms with van der Waals surface area (Å²) in [6, 6.07) is 18.5. The Morgan fingerprint density at radius 2 is 1.74 bits per heavy atom. The standard InChI is InChI=1S/C16H14N2S/c17-10-12-5-4-8-14(9-12)15-11-19-16(18-15)13-6-2-1-3-7-13/h1-9,11H,10,17H2. The zero-order chi connectivity index (χ0) is 13.1. The smallest absolute Gasteiger partial charge is 0.124 e. The van der Waals surface area contributed by atoms with Gasteiger partial charge in [-0.25, -0.2) is 4.98 Å². The summed E-state index contributed by atoms with van der Waals surface area (Å²) >= 11 is 1.67. The Balaban J connectivity index is 1.97. The molecule has 1 aromatic heterocycles. The second-order valence-corrected chi connectivity index (χ2v) is 5.17. The van der Waals surface area contributed by atoms with Gasteiger partial charge in [-0.05, 0) is 11.6 Å². The topological polar surface area (TPSA) is 38.9 Å². The van der Waals surface area contributed by atoms with Gasteiger partial charge >= 0.3 is 0 Å². The molecule has 0 unspecified atom stereocenters. The van der Waals surface area contributed by atoms with Gasteiger partial charge in [0.25, 0.3) is 0 Å². The van der Waals surface area contributed by atoms with Crippen LogP contribution in [-0.2, 0) is 6.54 Å². The minimum atomic E-state index is 0.559. The summed E-state index contributed by atoms with van der Waals surface area (Å²) in [7, 11) is 0. The van der Waals surface area contributed by atoms with E-state index in [0.29, 0.717) is 6.54 Å². The highest BCUT2D eigenvalue weighted by molar-refractivity contribution is 7.13. The third kappa shape index (κ3) is 2.57. The first-order chi connectivity index (χ1) is 9.36. The summed E-state index contributed by atoms with van der Waals surface area (Å²) < 4.78 is 0. The van der Waals surface area contributed by atoms with Crippen LogP contribution in [0.3, 0.4) is 0 Å². The molecule has 3 rings (SSSR count). The molecule has 0 saturated carbocycles. The van der Waals surface area contributed by atoms with Crippen LogP contribution in [0.2, 0.25) is 0 Å². The molecule has 3 heteroatoms. The van der Waals surface area contributed by atoms with Gasteiger partial charge in [-0.2, -0.15) is 0 Å². The average Bonchev–Trinajstić information content (AvgIpc) is 2.98. The van der Waals surface area contributed by atoms with Crippen molar-refractivity contribution in [1.82, 2.24) is 4.98 Å². The van der Waals surface area contributed by atoms with Crippen molar-refractivity contribution in [2.24, 2.45) is 5.73 Å². The monoisotopic (exact) mass is 266 g/mol. The number of nitrogens with two attached hydrogens (primary N) is 1. The molecule has 0 aliphatic carbocycles. The van der Waals surface area contributed by atoms with Gasteiger partial charge in [0.1, 0.15) is 5.01 Å². The van der Waals surface area contributed by atoms with E-state index in [1.807, 2.05) is 30.3 Å². The van der Waals surface area contributed by atoms with E-state index in [-0.39, 0.29) is 0 Å². The van der Waals surface area contributed by atoms with E-state index in [2.05, 4.69) is 29.6 Å². The van der Waals surface area contributed by atoms with Crippen LogP contribution in [0.4, 0.5) is 0 Å². The highest BCUT2D eigenvalue weighted by Gasteiger charge is 2.06. The van der Waals surface area contributed by atoms with Gasteiger partial charge < -0.3 is 5.73 Å². The van der Waals surface area contributed by atoms with Crippen LogP contribution in [-0.4, -0.2) is 4.98 Å². The highest BCUT2D eigenvalue weighted by atomic mass is 32.1. The SMILES string of the molecule is NCc1cccc(-c2csc(-c3ccccc3)n2)c1. The van der Waals surface area contributed by atoms with Crippen molar-refractivity contribution < 1.29 is 0 Å². The summed E-state index contributed by atoms with van der Waals surface area (Å²) in [5.74, 6) is 0. The van der Waals surface area contributed by atoms with Crippen molar-refractivity contribution in [3.63, 3.8) is 0 Å². The van der Waals surface area contributed by atoms with Gasteiger partial charge in [0, 0.05) is 23.1 Å². The van der Waals surface area contributed by atoms with E-state index >= 15 is 0 Å². The van der Waals surface area contributed by atoms with Crippen molar-refractivity contribution in [2.75, 3.05) is 0 Å². The van der Waals surface area contributed by atoms with Gasteiger partial charge in [-0.3, -0.25) is 0 Å². The highest BCUT2D eigenvalue weighted by Crippen LogP contribution is 2.28. The lowest BCUT2D eigenvalue weighted by Gasteiger charge is -2.00. The van der Waals surface area contributed by atoms with Crippen molar-refractivity contribution in [1.29, 1.82) is 0 Å². The molecule has 0 bridgehead atoms. The fraction of sp³-hybridized carbons (Fsp3) is 0.0625. The number of nitrogens with zero attached hydrogens (tertiary/aromatic N) is 1. The van der Waals surface area contributed by atoms with Gasteiger partial charge in [0.15, 0.2) is 0 Å². The van der Waals surface area contributed by atoms with Crippen LogP contribution in [0.15, 0.2) is 60.0 Å². The zero-order valence-electron chi connectivity index (χ0n) is 10.4. The maximum Gasteiger partial charge on any atom is 0.124 e. The Morgan fingerprint density at radius 1 is 0.947 bits per heavy atom. The van der Waals surface area contributed by atoms with Crippen LogP contribution < -0.4 is 5.73 Å². The molecular weight excluding hydrogens is 252 g/mol. The van der Waals surface area contributed by atoms with Crippen LogP contribution in [0.25, 0.3) is 21.8 Å². The molecule has 2 aromatic carbocycles. The van der Waals surface area contributed by atoms with Crippen LogP contribution in [0.1, 0.15) is 5.56 Å². The summed E-state index contributed by atoms with van der Waals surface area (Å²) in [4.78, 5) is 4.70. The predicted molar refractivity (Wildman–Crippen MR) is 80.9 cm³/mol. The molecule has 0 aliphatic heterocycles. The summed E-state index contributed by atoms with van der Waals surface area (Å²) in [6.45, 7) is 0.559. The lowest BCUT2D eigenvalue weighted by atomic mass is 10.1. The molecule has 0 atom stereocenters. The molecule has 0 aliphatic rings. The van der Waals surface area contributed by atoms with Crippen LogP contribution in [0.5, 0.6) is 0 Å². The molecule has 0 spiro atoms. The Bertz CT molecular complexity index is 674. The number of hydrogen-bond acceptors (Lipinski definition) is 3. The third-order valence-corrected chi connectivity index (χ3v) is 3.87. The third-order valence-electron chi connectivity index (χ3n) is 2.98. The van der Waals surface area contributed by atoms with E-state index in [1.165, 1.54) is 0 Å². The fourth-order valence-electron chi connectivity index (χ4n) is 1.98. The number of rotatable bonds is 3. The minimum Gasteiger partial charge on any atom is -0.326 e. The molecule has 2 nitrogen and oxygen atoms in total. The molecule has 0 amide bonds. The van der Waals surface area contributed by atoms with Crippen molar-refractivity contribution >= 4 is 11.3 Å². The van der Waals surface area contributed by atoms with Gasteiger partial charge in [0.05, 0.1) is 5.69 Å². The number of hydrogen-bond donors (Lipinski definition) is 1. The van der Waals surface area contributed by atoms with E-state index in [1.54, 1.807) is 11.3 Å². The molecule has 0 fully saturated rings. The van der Waals surface area contributed by atoms with Gasteiger partial charge in [0.2, 0.25) is 0 Å². The van der Waals surface area contributed by atoms with Gasteiger partial charge in [-0.1, -0.05) is 48.5 Å². The predicted octanol–water partition coefficient (Wildman–Crippen LogP) is 3.94. The Morgan fingerprint density at radius 3 is 2.53 bits per heavy atom.